The fourth-order valence-corrected chi connectivity index (χ4v) is 4.01. The van der Waals surface area contributed by atoms with E-state index in [1.807, 2.05) is 0 Å². The maximum atomic E-state index is 5.63. The molecule has 3 fully saturated rings. The van der Waals surface area contributed by atoms with E-state index in [0.29, 0.717) is 11.6 Å². The maximum absolute atomic E-state index is 5.63. The average Bonchev–Trinajstić information content (AvgIpc) is 2.84. The number of nitrogens with one attached hydrogen (secondary N) is 1. The number of hydrogen-bond donors (Lipinski definition) is 1. The minimum Gasteiger partial charge on any atom is -0.381 e. The molecule has 0 amide bonds. The highest BCUT2D eigenvalue weighted by Crippen LogP contribution is 2.33. The van der Waals surface area contributed by atoms with Gasteiger partial charge in [-0.1, -0.05) is 12.8 Å². The monoisotopic (exact) mass is 252 g/mol. The van der Waals surface area contributed by atoms with Crippen molar-refractivity contribution in [2.75, 3.05) is 32.8 Å². The molecule has 104 valence electrons. The predicted octanol–water partition coefficient (Wildman–Crippen LogP) is 2.02. The molecule has 2 aliphatic heterocycles. The van der Waals surface area contributed by atoms with Gasteiger partial charge in [0.15, 0.2) is 0 Å². The molecular weight excluding hydrogens is 224 g/mol. The van der Waals surface area contributed by atoms with Crippen LogP contribution >= 0.6 is 0 Å². The van der Waals surface area contributed by atoms with Gasteiger partial charge in [0.2, 0.25) is 0 Å². The quantitative estimate of drug-likeness (QED) is 0.814. The fraction of sp³-hybridized carbons (Fsp3) is 1.00. The van der Waals surface area contributed by atoms with E-state index in [1.54, 1.807) is 0 Å². The van der Waals surface area contributed by atoms with Crippen LogP contribution in [0.4, 0.5) is 0 Å². The van der Waals surface area contributed by atoms with Gasteiger partial charge in [-0.25, -0.2) is 0 Å². The summed E-state index contributed by atoms with van der Waals surface area (Å²) in [5, 5.41) is 3.84. The summed E-state index contributed by atoms with van der Waals surface area (Å²) in [6.45, 7) is 8.04. The van der Waals surface area contributed by atoms with Gasteiger partial charge < -0.3 is 10.1 Å². The lowest BCUT2D eigenvalue weighted by Gasteiger charge is -2.46. The highest BCUT2D eigenvalue weighted by molar-refractivity contribution is 5.00. The molecule has 0 aromatic carbocycles. The first kappa shape index (κ1) is 12.9. The lowest BCUT2D eigenvalue weighted by Crippen LogP contribution is -2.63. The smallest absolute Gasteiger partial charge is 0.0506 e. The van der Waals surface area contributed by atoms with Crippen LogP contribution in [0.1, 0.15) is 45.4 Å². The fourth-order valence-electron chi connectivity index (χ4n) is 4.01. The molecule has 0 radical (unpaired) electrons. The molecule has 2 heterocycles. The van der Waals surface area contributed by atoms with Crippen molar-refractivity contribution in [3.8, 4) is 0 Å². The molecule has 2 unspecified atom stereocenters. The molecule has 3 heteroatoms. The zero-order valence-corrected chi connectivity index (χ0v) is 11.8. The Labute approximate surface area is 111 Å². The second-order valence-electron chi connectivity index (χ2n) is 6.73. The molecule has 3 rings (SSSR count). The van der Waals surface area contributed by atoms with Gasteiger partial charge in [0, 0.05) is 37.8 Å². The number of piperazine rings is 1. The highest BCUT2D eigenvalue weighted by Gasteiger charge is 2.40. The molecule has 1 spiro atoms. The van der Waals surface area contributed by atoms with Crippen LogP contribution < -0.4 is 5.32 Å². The summed E-state index contributed by atoms with van der Waals surface area (Å²) in [5.74, 6) is 0.776. The Balaban J connectivity index is 1.58. The van der Waals surface area contributed by atoms with Crippen molar-refractivity contribution in [3.05, 3.63) is 0 Å². The Kier molecular flexibility index (Phi) is 3.92. The number of hydrogen-bond acceptors (Lipinski definition) is 3. The normalized spacial score (nSPS) is 37.2. The van der Waals surface area contributed by atoms with Crippen LogP contribution in [0.5, 0.6) is 0 Å². The standard InChI is InChI=1S/C15H28N2O/c1-13-9-16-15(6-2-3-7-15)12-17(13)10-14-5-4-8-18-11-14/h13-14,16H,2-12H2,1H3. The molecule has 0 bridgehead atoms. The minimum absolute atomic E-state index is 0.460. The minimum atomic E-state index is 0.460. The summed E-state index contributed by atoms with van der Waals surface area (Å²) in [4.78, 5) is 2.74. The SMILES string of the molecule is CC1CNC2(CCCC2)CN1CC1CCCOC1. The van der Waals surface area contributed by atoms with Gasteiger partial charge in [0.05, 0.1) is 6.61 Å². The summed E-state index contributed by atoms with van der Waals surface area (Å²) in [6, 6.07) is 0.693. The summed E-state index contributed by atoms with van der Waals surface area (Å²) >= 11 is 0. The molecule has 18 heavy (non-hydrogen) atoms. The molecule has 1 saturated carbocycles. The Bertz CT molecular complexity index is 270. The van der Waals surface area contributed by atoms with Crippen LogP contribution in [0.15, 0.2) is 0 Å². The van der Waals surface area contributed by atoms with E-state index in [1.165, 1.54) is 58.2 Å². The zero-order valence-electron chi connectivity index (χ0n) is 11.8. The largest absolute Gasteiger partial charge is 0.381 e. The van der Waals surface area contributed by atoms with Crippen LogP contribution in [0.2, 0.25) is 0 Å². The molecule has 2 saturated heterocycles. The van der Waals surface area contributed by atoms with Crippen molar-refractivity contribution in [3.63, 3.8) is 0 Å². The van der Waals surface area contributed by atoms with E-state index in [0.717, 1.165) is 19.1 Å². The van der Waals surface area contributed by atoms with Crippen molar-refractivity contribution in [2.45, 2.75) is 57.0 Å². The van der Waals surface area contributed by atoms with Gasteiger partial charge in [-0.2, -0.15) is 0 Å². The van der Waals surface area contributed by atoms with Crippen molar-refractivity contribution in [2.24, 2.45) is 5.92 Å². The predicted molar refractivity (Wildman–Crippen MR) is 73.8 cm³/mol. The van der Waals surface area contributed by atoms with Crippen molar-refractivity contribution >= 4 is 0 Å². The van der Waals surface area contributed by atoms with Gasteiger partial charge in [-0.15, -0.1) is 0 Å². The average molecular weight is 252 g/mol. The van der Waals surface area contributed by atoms with Gasteiger partial charge in [0.1, 0.15) is 0 Å². The lowest BCUT2D eigenvalue weighted by atomic mass is 9.91. The molecular formula is C15H28N2O. The van der Waals surface area contributed by atoms with E-state index < -0.39 is 0 Å². The Morgan fingerprint density at radius 3 is 2.83 bits per heavy atom. The molecule has 3 aliphatic rings. The van der Waals surface area contributed by atoms with E-state index in [2.05, 4.69) is 17.1 Å². The van der Waals surface area contributed by atoms with E-state index in [4.69, 9.17) is 4.74 Å². The highest BCUT2D eigenvalue weighted by atomic mass is 16.5. The van der Waals surface area contributed by atoms with Crippen LogP contribution in [0.25, 0.3) is 0 Å². The van der Waals surface area contributed by atoms with Gasteiger partial charge in [-0.3, -0.25) is 4.90 Å². The second kappa shape index (κ2) is 5.48. The summed E-state index contributed by atoms with van der Waals surface area (Å²) in [5.41, 5.74) is 0.460. The first-order chi connectivity index (χ1) is 8.77. The molecule has 0 aromatic rings. The lowest BCUT2D eigenvalue weighted by molar-refractivity contribution is 0.0134. The van der Waals surface area contributed by atoms with Crippen molar-refractivity contribution in [1.82, 2.24) is 10.2 Å². The van der Waals surface area contributed by atoms with Crippen LogP contribution in [-0.2, 0) is 4.74 Å². The van der Waals surface area contributed by atoms with Crippen LogP contribution in [0.3, 0.4) is 0 Å². The van der Waals surface area contributed by atoms with Crippen LogP contribution in [0, 0.1) is 5.92 Å². The van der Waals surface area contributed by atoms with E-state index >= 15 is 0 Å². The third-order valence-corrected chi connectivity index (χ3v) is 5.21. The Hall–Kier alpha value is -0.120. The van der Waals surface area contributed by atoms with Crippen molar-refractivity contribution in [1.29, 1.82) is 0 Å². The first-order valence-electron chi connectivity index (χ1n) is 7.84. The third kappa shape index (κ3) is 2.73. The molecule has 1 N–H and O–H groups in total. The summed E-state index contributed by atoms with van der Waals surface area (Å²) < 4.78 is 5.63. The number of nitrogens with zero attached hydrogens (tertiary/aromatic N) is 1. The molecule has 3 nitrogen and oxygen atoms in total. The summed E-state index contributed by atoms with van der Waals surface area (Å²) in [7, 11) is 0. The zero-order chi connectivity index (χ0) is 12.4. The second-order valence-corrected chi connectivity index (χ2v) is 6.73. The summed E-state index contributed by atoms with van der Waals surface area (Å²) in [6.07, 6.45) is 8.23. The number of ether oxygens (including phenoxy) is 1. The molecule has 1 aliphatic carbocycles. The topological polar surface area (TPSA) is 24.5 Å². The Morgan fingerprint density at radius 1 is 1.28 bits per heavy atom. The van der Waals surface area contributed by atoms with Gasteiger partial charge >= 0.3 is 0 Å². The van der Waals surface area contributed by atoms with Crippen molar-refractivity contribution < 1.29 is 4.74 Å². The Morgan fingerprint density at radius 2 is 2.11 bits per heavy atom. The van der Waals surface area contributed by atoms with E-state index in [9.17, 15) is 0 Å². The molecule has 2 atom stereocenters. The first-order valence-corrected chi connectivity index (χ1v) is 7.84. The van der Waals surface area contributed by atoms with Gasteiger partial charge in [0.25, 0.3) is 0 Å². The third-order valence-electron chi connectivity index (χ3n) is 5.21. The number of rotatable bonds is 2. The molecule has 0 aromatic heterocycles. The van der Waals surface area contributed by atoms with E-state index in [-0.39, 0.29) is 0 Å². The van der Waals surface area contributed by atoms with Crippen LogP contribution in [-0.4, -0.2) is 49.3 Å². The van der Waals surface area contributed by atoms with Gasteiger partial charge in [-0.05, 0) is 38.5 Å². The maximum Gasteiger partial charge on any atom is 0.0506 e.